The summed E-state index contributed by atoms with van der Waals surface area (Å²) in [5, 5.41) is 33.6. The first kappa shape index (κ1) is 22.3. The van der Waals surface area contributed by atoms with Crippen LogP contribution in [0, 0.1) is 52.8 Å². The topological polar surface area (TPSA) is 63.9 Å². The monoisotopic (exact) mass is 445 g/mol. The molecule has 0 spiro atoms. The molecule has 0 aromatic rings. The molecule has 6 aliphatic rings. The molecule has 0 unspecified atom stereocenters. The van der Waals surface area contributed by atoms with E-state index in [0.29, 0.717) is 29.6 Å². The van der Waals surface area contributed by atoms with Crippen LogP contribution >= 0.6 is 0 Å². The van der Waals surface area contributed by atoms with Crippen LogP contribution in [0.3, 0.4) is 0 Å². The van der Waals surface area contributed by atoms with Crippen molar-refractivity contribution in [3.05, 3.63) is 0 Å². The summed E-state index contributed by atoms with van der Waals surface area (Å²) in [6.45, 7) is 11.7. The lowest BCUT2D eigenvalue weighted by Gasteiger charge is -2.65. The Morgan fingerprint density at radius 3 is 2.28 bits per heavy atom. The fraction of sp³-hybridized carbons (Fsp3) is 1.00. The van der Waals surface area contributed by atoms with Crippen LogP contribution in [0.1, 0.15) is 85.5 Å². The van der Waals surface area contributed by atoms with Crippen molar-refractivity contribution in [3.8, 4) is 0 Å². The first-order valence-electron chi connectivity index (χ1n) is 13.9. The fourth-order valence-electron chi connectivity index (χ4n) is 10.8. The fourth-order valence-corrected chi connectivity index (χ4v) is 10.8. The first-order chi connectivity index (χ1) is 15.1. The maximum absolute atomic E-state index is 12.1. The molecule has 32 heavy (non-hydrogen) atoms. The van der Waals surface area contributed by atoms with Gasteiger partial charge in [-0.05, 0) is 124 Å². The number of piperidine rings is 2. The minimum Gasteiger partial charge on any atom is -0.393 e. The molecule has 0 aromatic heterocycles. The maximum Gasteiger partial charge on any atom is 0.0831 e. The molecule has 4 nitrogen and oxygen atoms in total. The van der Waals surface area contributed by atoms with Gasteiger partial charge in [0.05, 0.1) is 17.8 Å². The van der Waals surface area contributed by atoms with E-state index in [9.17, 15) is 15.3 Å². The highest BCUT2D eigenvalue weighted by molar-refractivity contribution is 5.17. The second kappa shape index (κ2) is 7.18. The third-order valence-electron chi connectivity index (χ3n) is 12.8. The molecule has 182 valence electrons. The van der Waals surface area contributed by atoms with Gasteiger partial charge >= 0.3 is 0 Å². The van der Waals surface area contributed by atoms with Crippen molar-refractivity contribution in [1.82, 2.24) is 4.90 Å². The van der Waals surface area contributed by atoms with Crippen LogP contribution in [0.25, 0.3) is 0 Å². The van der Waals surface area contributed by atoms with Crippen LogP contribution < -0.4 is 0 Å². The highest BCUT2D eigenvalue weighted by Gasteiger charge is 2.66. The smallest absolute Gasteiger partial charge is 0.0831 e. The Hall–Kier alpha value is -0.160. The molecule has 0 aromatic carbocycles. The van der Waals surface area contributed by atoms with Crippen molar-refractivity contribution in [3.63, 3.8) is 0 Å². The molecular formula is C28H47NO3. The van der Waals surface area contributed by atoms with Crippen LogP contribution in [-0.2, 0) is 0 Å². The molecule has 2 aliphatic heterocycles. The highest BCUT2D eigenvalue weighted by Crippen LogP contribution is 2.67. The van der Waals surface area contributed by atoms with Gasteiger partial charge in [0, 0.05) is 18.6 Å². The Morgan fingerprint density at radius 1 is 0.719 bits per heavy atom. The van der Waals surface area contributed by atoms with E-state index in [-0.39, 0.29) is 29.1 Å². The number of hydrogen-bond acceptors (Lipinski definition) is 4. The Morgan fingerprint density at radius 2 is 1.50 bits per heavy atom. The molecule has 4 heteroatoms. The quantitative estimate of drug-likeness (QED) is 0.526. The van der Waals surface area contributed by atoms with Crippen molar-refractivity contribution in [2.45, 2.75) is 109 Å². The Kier molecular flexibility index (Phi) is 5.01. The average molecular weight is 446 g/mol. The van der Waals surface area contributed by atoms with E-state index in [2.05, 4.69) is 32.6 Å². The molecule has 2 heterocycles. The third-order valence-corrected chi connectivity index (χ3v) is 12.8. The second-order valence-corrected chi connectivity index (χ2v) is 14.0. The lowest BCUT2D eigenvalue weighted by atomic mass is 9.51. The van der Waals surface area contributed by atoms with E-state index in [4.69, 9.17) is 0 Å². The molecule has 4 saturated carbocycles. The number of aliphatic hydroxyl groups excluding tert-OH is 2. The normalized spacial score (nSPS) is 62.3. The zero-order chi connectivity index (χ0) is 22.6. The summed E-state index contributed by atoms with van der Waals surface area (Å²) in [6, 6.07) is 0. The van der Waals surface area contributed by atoms with Crippen LogP contribution in [0.5, 0.6) is 0 Å². The zero-order valence-corrected chi connectivity index (χ0v) is 20.8. The predicted molar refractivity (Wildman–Crippen MR) is 126 cm³/mol. The van der Waals surface area contributed by atoms with Gasteiger partial charge in [-0.15, -0.1) is 0 Å². The Bertz CT molecular complexity index is 755. The highest BCUT2D eigenvalue weighted by atomic mass is 16.3. The summed E-state index contributed by atoms with van der Waals surface area (Å²) in [5.41, 5.74) is -0.513. The van der Waals surface area contributed by atoms with Gasteiger partial charge in [-0.25, -0.2) is 0 Å². The van der Waals surface area contributed by atoms with Crippen LogP contribution in [-0.4, -0.2) is 56.7 Å². The molecular weight excluding hydrogens is 398 g/mol. The Balaban J connectivity index is 1.32. The van der Waals surface area contributed by atoms with E-state index in [0.717, 1.165) is 56.9 Å². The molecule has 13 atom stereocenters. The van der Waals surface area contributed by atoms with E-state index >= 15 is 0 Å². The molecule has 0 bridgehead atoms. The molecule has 3 N–H and O–H groups in total. The van der Waals surface area contributed by atoms with Crippen molar-refractivity contribution in [2.75, 3.05) is 13.1 Å². The molecule has 0 amide bonds. The summed E-state index contributed by atoms with van der Waals surface area (Å²) in [7, 11) is 0. The van der Waals surface area contributed by atoms with E-state index in [1.165, 1.54) is 25.8 Å². The van der Waals surface area contributed by atoms with Gasteiger partial charge in [-0.2, -0.15) is 0 Å². The average Bonchev–Trinajstić information content (AvgIpc) is 3.11. The minimum absolute atomic E-state index is 0.0777. The van der Waals surface area contributed by atoms with Gasteiger partial charge in [0.2, 0.25) is 0 Å². The number of aliphatic hydroxyl groups is 3. The summed E-state index contributed by atoms with van der Waals surface area (Å²) in [4.78, 5) is 2.70. The lowest BCUT2D eigenvalue weighted by Crippen LogP contribution is -2.73. The molecule has 0 radical (unpaired) electrons. The Labute approximate surface area is 195 Å². The SMILES string of the molecule is C[C@H]1CC[C@]2(C)N(C1)C[C@H]1[C@@H]3C[C@H]4[C@@H](C[C@H](O)[C@H]5C[C@@H](O)CC[C@@]54C)[C@@H]3CC[C@@H]1[C@]2(C)O. The number of rotatable bonds is 0. The molecule has 2 saturated heterocycles. The van der Waals surface area contributed by atoms with Crippen molar-refractivity contribution in [2.24, 2.45) is 52.8 Å². The summed E-state index contributed by atoms with van der Waals surface area (Å²) < 4.78 is 0. The van der Waals surface area contributed by atoms with Gasteiger partial charge in [-0.1, -0.05) is 13.8 Å². The summed E-state index contributed by atoms with van der Waals surface area (Å²) in [6.07, 6.45) is 9.31. The van der Waals surface area contributed by atoms with Crippen LogP contribution in [0.15, 0.2) is 0 Å². The molecule has 6 fully saturated rings. The number of hydrogen-bond donors (Lipinski definition) is 3. The standard InChI is InChI=1S/C28H47NO3/c1-16-7-10-27(3)28(4,32)22-6-5-18-19(21(22)15-29(27)14-16)12-23-20(18)13-25(31)24-11-17(30)8-9-26(23,24)2/h16-25,30-32H,5-15H2,1-4H3/t16-,17-,18+,19+,20-,21-,22-,23-,24+,25-,26+,27-,28-/m0/s1. The number of nitrogens with zero attached hydrogens (tertiary/aromatic N) is 1. The largest absolute Gasteiger partial charge is 0.393 e. The number of fused-ring (bicyclic) bond motifs is 8. The summed E-state index contributed by atoms with van der Waals surface area (Å²) in [5.74, 6) is 4.77. The van der Waals surface area contributed by atoms with E-state index < -0.39 is 5.60 Å². The predicted octanol–water partition coefficient (Wildman–Crippen LogP) is 4.07. The third kappa shape index (κ3) is 2.82. The van der Waals surface area contributed by atoms with Crippen molar-refractivity contribution >= 4 is 0 Å². The molecule has 6 rings (SSSR count). The van der Waals surface area contributed by atoms with Gasteiger partial charge in [0.25, 0.3) is 0 Å². The van der Waals surface area contributed by atoms with Gasteiger partial charge in [-0.3, -0.25) is 4.90 Å². The van der Waals surface area contributed by atoms with Gasteiger partial charge in [0.15, 0.2) is 0 Å². The van der Waals surface area contributed by atoms with Crippen molar-refractivity contribution < 1.29 is 15.3 Å². The van der Waals surface area contributed by atoms with Crippen molar-refractivity contribution in [1.29, 1.82) is 0 Å². The van der Waals surface area contributed by atoms with Crippen LogP contribution in [0.2, 0.25) is 0 Å². The first-order valence-corrected chi connectivity index (χ1v) is 13.9. The molecule has 4 aliphatic carbocycles. The maximum atomic E-state index is 12.1. The lowest BCUT2D eigenvalue weighted by molar-refractivity contribution is -0.218. The van der Waals surface area contributed by atoms with Gasteiger partial charge in [0.1, 0.15) is 0 Å². The zero-order valence-electron chi connectivity index (χ0n) is 20.8. The second-order valence-electron chi connectivity index (χ2n) is 14.0. The minimum atomic E-state index is -0.615. The van der Waals surface area contributed by atoms with Gasteiger partial charge < -0.3 is 15.3 Å². The van der Waals surface area contributed by atoms with E-state index in [1.54, 1.807) is 0 Å². The van der Waals surface area contributed by atoms with Crippen LogP contribution in [0.4, 0.5) is 0 Å². The summed E-state index contributed by atoms with van der Waals surface area (Å²) >= 11 is 0. The van der Waals surface area contributed by atoms with E-state index in [1.807, 2.05) is 0 Å².